The monoisotopic (exact) mass is 257 g/mol. The quantitative estimate of drug-likeness (QED) is 0.518. The van der Waals surface area contributed by atoms with Crippen LogP contribution in [-0.4, -0.2) is 61.2 Å². The zero-order valence-corrected chi connectivity index (χ0v) is 10.8. The third-order valence-electron chi connectivity index (χ3n) is 2.98. The predicted octanol–water partition coefficient (Wildman–Crippen LogP) is -0.347. The van der Waals surface area contributed by atoms with Crippen molar-refractivity contribution in [2.45, 2.75) is 25.7 Å². The highest BCUT2D eigenvalue weighted by atomic mass is 16.4. The summed E-state index contributed by atoms with van der Waals surface area (Å²) in [5, 5.41) is 14.6. The molecule has 0 unspecified atom stereocenters. The third kappa shape index (κ3) is 7.24. The molecule has 6 heteroatoms. The van der Waals surface area contributed by atoms with Crippen molar-refractivity contribution in [3.05, 3.63) is 0 Å². The standard InChI is InChI=1S/C12H23N3O3/c16-11(3-1-4-12(17)18)14-5-2-8-15-9-6-13-7-10-15/h13H,1-10H2,(H,14,16)(H,17,18). The second-order valence-electron chi connectivity index (χ2n) is 4.54. The summed E-state index contributed by atoms with van der Waals surface area (Å²) >= 11 is 0. The molecule has 0 aromatic heterocycles. The van der Waals surface area contributed by atoms with E-state index >= 15 is 0 Å². The number of carboxylic acids is 1. The van der Waals surface area contributed by atoms with E-state index in [2.05, 4.69) is 15.5 Å². The predicted molar refractivity (Wildman–Crippen MR) is 68.4 cm³/mol. The van der Waals surface area contributed by atoms with Crippen LogP contribution in [0.4, 0.5) is 0 Å². The maximum atomic E-state index is 11.3. The van der Waals surface area contributed by atoms with Crippen LogP contribution in [-0.2, 0) is 9.59 Å². The maximum Gasteiger partial charge on any atom is 0.303 e. The molecule has 0 aliphatic carbocycles. The molecule has 18 heavy (non-hydrogen) atoms. The van der Waals surface area contributed by atoms with E-state index in [0.29, 0.717) is 19.4 Å². The minimum Gasteiger partial charge on any atom is -0.481 e. The lowest BCUT2D eigenvalue weighted by Crippen LogP contribution is -2.44. The second-order valence-corrected chi connectivity index (χ2v) is 4.54. The highest BCUT2D eigenvalue weighted by Crippen LogP contribution is 1.96. The zero-order valence-electron chi connectivity index (χ0n) is 10.8. The fraction of sp³-hybridized carbons (Fsp3) is 0.833. The van der Waals surface area contributed by atoms with Gasteiger partial charge in [0.25, 0.3) is 0 Å². The Morgan fingerprint density at radius 1 is 1.17 bits per heavy atom. The van der Waals surface area contributed by atoms with Crippen molar-refractivity contribution in [2.24, 2.45) is 0 Å². The van der Waals surface area contributed by atoms with E-state index in [1.807, 2.05) is 0 Å². The van der Waals surface area contributed by atoms with Crippen molar-refractivity contribution >= 4 is 11.9 Å². The number of amides is 1. The Kier molecular flexibility index (Phi) is 7.36. The number of hydrogen-bond donors (Lipinski definition) is 3. The number of nitrogens with one attached hydrogen (secondary N) is 2. The summed E-state index contributed by atoms with van der Waals surface area (Å²) in [4.78, 5) is 24.0. The van der Waals surface area contributed by atoms with Crippen LogP contribution in [0.1, 0.15) is 25.7 Å². The molecule has 1 fully saturated rings. The molecular formula is C12H23N3O3. The number of hydrogen-bond acceptors (Lipinski definition) is 4. The van der Waals surface area contributed by atoms with Gasteiger partial charge in [-0.15, -0.1) is 0 Å². The van der Waals surface area contributed by atoms with Gasteiger partial charge in [-0.25, -0.2) is 0 Å². The first-order valence-corrected chi connectivity index (χ1v) is 6.60. The molecule has 0 radical (unpaired) electrons. The van der Waals surface area contributed by atoms with Crippen LogP contribution in [0.2, 0.25) is 0 Å². The van der Waals surface area contributed by atoms with Gasteiger partial charge in [0.05, 0.1) is 0 Å². The van der Waals surface area contributed by atoms with Gasteiger partial charge >= 0.3 is 5.97 Å². The summed E-state index contributed by atoms with van der Waals surface area (Å²) in [5.41, 5.74) is 0. The second kappa shape index (κ2) is 8.88. The van der Waals surface area contributed by atoms with E-state index in [-0.39, 0.29) is 12.3 Å². The molecule has 0 atom stereocenters. The Morgan fingerprint density at radius 2 is 1.89 bits per heavy atom. The largest absolute Gasteiger partial charge is 0.481 e. The van der Waals surface area contributed by atoms with Crippen LogP contribution in [0.3, 0.4) is 0 Å². The molecular weight excluding hydrogens is 234 g/mol. The number of rotatable bonds is 8. The number of piperazine rings is 1. The van der Waals surface area contributed by atoms with E-state index in [4.69, 9.17) is 5.11 Å². The van der Waals surface area contributed by atoms with Gasteiger partial charge in [0.1, 0.15) is 0 Å². The van der Waals surface area contributed by atoms with Crippen molar-refractivity contribution in [1.29, 1.82) is 0 Å². The van der Waals surface area contributed by atoms with Gasteiger partial charge in [-0.2, -0.15) is 0 Å². The molecule has 1 saturated heterocycles. The van der Waals surface area contributed by atoms with Crippen molar-refractivity contribution in [3.8, 4) is 0 Å². The molecule has 1 rings (SSSR count). The van der Waals surface area contributed by atoms with Gasteiger partial charge < -0.3 is 20.6 Å². The number of carbonyl (C=O) groups excluding carboxylic acids is 1. The molecule has 0 aromatic rings. The lowest BCUT2D eigenvalue weighted by molar-refractivity contribution is -0.137. The SMILES string of the molecule is O=C(O)CCCC(=O)NCCCN1CCNCC1. The van der Waals surface area contributed by atoms with Crippen LogP contribution >= 0.6 is 0 Å². The number of nitrogens with zero attached hydrogens (tertiary/aromatic N) is 1. The van der Waals surface area contributed by atoms with E-state index in [1.165, 1.54) is 0 Å². The van der Waals surface area contributed by atoms with Crippen LogP contribution in [0.25, 0.3) is 0 Å². The Hall–Kier alpha value is -1.14. The minimum absolute atomic E-state index is 0.0449. The Morgan fingerprint density at radius 3 is 2.56 bits per heavy atom. The van der Waals surface area contributed by atoms with Crippen LogP contribution in [0, 0.1) is 0 Å². The van der Waals surface area contributed by atoms with Gasteiger partial charge in [-0.3, -0.25) is 9.59 Å². The molecule has 1 heterocycles. The lowest BCUT2D eigenvalue weighted by Gasteiger charge is -2.27. The van der Waals surface area contributed by atoms with Crippen LogP contribution in [0.15, 0.2) is 0 Å². The Balaban J connectivity index is 1.93. The molecule has 0 saturated carbocycles. The smallest absolute Gasteiger partial charge is 0.303 e. The Labute approximate surface area is 108 Å². The molecule has 1 aliphatic heterocycles. The molecule has 0 aromatic carbocycles. The van der Waals surface area contributed by atoms with E-state index < -0.39 is 5.97 Å². The van der Waals surface area contributed by atoms with Crippen molar-refractivity contribution in [3.63, 3.8) is 0 Å². The van der Waals surface area contributed by atoms with Crippen molar-refractivity contribution < 1.29 is 14.7 Å². The first-order valence-electron chi connectivity index (χ1n) is 6.60. The minimum atomic E-state index is -0.846. The van der Waals surface area contributed by atoms with Crippen LogP contribution < -0.4 is 10.6 Å². The van der Waals surface area contributed by atoms with Gasteiger partial charge in [0, 0.05) is 45.6 Å². The first kappa shape index (κ1) is 14.9. The highest BCUT2D eigenvalue weighted by molar-refractivity contribution is 5.76. The summed E-state index contributed by atoms with van der Waals surface area (Å²) in [6, 6.07) is 0. The number of carboxylic acid groups (broad SMARTS) is 1. The fourth-order valence-electron chi connectivity index (χ4n) is 1.95. The number of carbonyl (C=O) groups is 2. The highest BCUT2D eigenvalue weighted by Gasteiger charge is 2.08. The topological polar surface area (TPSA) is 81.7 Å². The summed E-state index contributed by atoms with van der Waals surface area (Å²) < 4.78 is 0. The first-order chi connectivity index (χ1) is 8.68. The van der Waals surface area contributed by atoms with Crippen LogP contribution in [0.5, 0.6) is 0 Å². The molecule has 6 nitrogen and oxygen atoms in total. The zero-order chi connectivity index (χ0) is 13.2. The van der Waals surface area contributed by atoms with E-state index in [1.54, 1.807) is 0 Å². The van der Waals surface area contributed by atoms with Gasteiger partial charge in [0.15, 0.2) is 0 Å². The summed E-state index contributed by atoms with van der Waals surface area (Å²) in [5.74, 6) is -0.891. The molecule has 0 bridgehead atoms. The number of aliphatic carboxylic acids is 1. The maximum absolute atomic E-state index is 11.3. The van der Waals surface area contributed by atoms with Gasteiger partial charge in [-0.05, 0) is 19.4 Å². The molecule has 1 amide bonds. The van der Waals surface area contributed by atoms with Crippen molar-refractivity contribution in [1.82, 2.24) is 15.5 Å². The summed E-state index contributed by atoms with van der Waals surface area (Å²) in [6.07, 6.45) is 1.73. The van der Waals surface area contributed by atoms with Gasteiger partial charge in [-0.1, -0.05) is 0 Å². The molecule has 1 aliphatic rings. The average molecular weight is 257 g/mol. The lowest BCUT2D eigenvalue weighted by atomic mass is 10.2. The Bertz CT molecular complexity index is 265. The summed E-state index contributed by atoms with van der Waals surface area (Å²) in [7, 11) is 0. The van der Waals surface area contributed by atoms with Gasteiger partial charge in [0.2, 0.25) is 5.91 Å². The van der Waals surface area contributed by atoms with E-state index in [0.717, 1.165) is 39.1 Å². The van der Waals surface area contributed by atoms with E-state index in [9.17, 15) is 9.59 Å². The summed E-state index contributed by atoms with van der Waals surface area (Å²) in [6.45, 7) is 5.93. The molecule has 104 valence electrons. The fourth-order valence-corrected chi connectivity index (χ4v) is 1.95. The average Bonchev–Trinajstić information content (AvgIpc) is 2.35. The molecule has 3 N–H and O–H groups in total. The van der Waals surface area contributed by atoms with Crippen molar-refractivity contribution in [2.75, 3.05) is 39.3 Å². The molecule has 0 spiro atoms. The normalized spacial score (nSPS) is 16.4. The third-order valence-corrected chi connectivity index (χ3v) is 2.98.